The average molecular weight is 720 g/mol. The molecule has 144 valence electrons. The molecule has 0 spiro atoms. The van der Waals surface area contributed by atoms with Crippen LogP contribution < -0.4 is 14.3 Å². The van der Waals surface area contributed by atoms with Gasteiger partial charge in [0.1, 0.15) is 0 Å². The minimum atomic E-state index is -3.11. The van der Waals surface area contributed by atoms with E-state index in [1.165, 1.54) is 16.8 Å². The molecular weight excluding hydrogens is 698 g/mol. The van der Waals surface area contributed by atoms with Crippen LogP contribution in [0.1, 0.15) is 0 Å². The summed E-state index contributed by atoms with van der Waals surface area (Å²) in [6.45, 7) is 0. The van der Waals surface area contributed by atoms with Crippen molar-refractivity contribution in [1.82, 2.24) is 0 Å². The Hall–Kier alpha value is -0.563. The molecule has 0 saturated heterocycles. The molecule has 0 nitrogen and oxygen atoms in total. The average Bonchev–Trinajstić information content (AvgIpc) is 2.81. The van der Waals surface area contributed by atoms with E-state index in [9.17, 15) is 0 Å². The van der Waals surface area contributed by atoms with E-state index in [0.717, 1.165) is 0 Å². The van der Waals surface area contributed by atoms with E-state index in [1.807, 2.05) is 0 Å². The van der Waals surface area contributed by atoms with Crippen LogP contribution in [0, 0.1) is 0 Å². The fraction of sp³-hybridized carbons (Fsp3) is 0.0400. The number of hydrogen-bond donors (Lipinski definition) is 0. The summed E-state index contributed by atoms with van der Waals surface area (Å²) < 4.78 is 7.23. The van der Waals surface area contributed by atoms with Crippen LogP contribution >= 0.6 is 25.4 Å². The summed E-state index contributed by atoms with van der Waals surface area (Å²) in [4.78, 5) is 0. The molecule has 0 radical (unpaired) electrons. The Morgan fingerprint density at radius 2 is 0.586 bits per heavy atom. The van der Waals surface area contributed by atoms with Crippen LogP contribution in [-0.2, 0) is 0 Å². The Morgan fingerprint density at radius 1 is 0.379 bits per heavy atom. The van der Waals surface area contributed by atoms with Gasteiger partial charge < -0.3 is 0 Å². The van der Waals surface area contributed by atoms with Gasteiger partial charge in [-0.1, -0.05) is 0 Å². The Balaban J connectivity index is 1.91. The zero-order chi connectivity index (χ0) is 20.2. The van der Waals surface area contributed by atoms with Crippen molar-refractivity contribution in [2.45, 2.75) is 2.45 Å². The third-order valence-corrected chi connectivity index (χ3v) is 78.6. The van der Waals surface area contributed by atoms with Crippen LogP contribution in [0.15, 0.2) is 121 Å². The standard InChI is InChI=1S/4C6H5.CH2.2BrH.2Sn/c4*1-2-4-6-5-3-1;;;;;/h4*1-5H;1H2;2*1H;;/q;;;;;;;2*+1/p-2. The molecule has 0 aliphatic rings. The number of rotatable bonds is 6. The first-order valence-electron chi connectivity index (χ1n) is 9.73. The molecule has 0 fully saturated rings. The summed E-state index contributed by atoms with van der Waals surface area (Å²) in [6.07, 6.45) is 0. The first kappa shape index (κ1) is 21.7. The SMILES string of the molecule is [Br][Sn]([CH2][Sn]([Br])([c]1ccccc1)[c]1ccccc1)([c]1ccccc1)[c]1ccccc1. The Kier molecular flexibility index (Phi) is 7.25. The van der Waals surface area contributed by atoms with Crippen LogP contribution in [0.5, 0.6) is 0 Å². The molecular formula is C25H22Br2Sn2. The van der Waals surface area contributed by atoms with Gasteiger partial charge in [0.2, 0.25) is 0 Å². The molecule has 0 N–H and O–H groups in total. The molecule has 0 aliphatic carbocycles. The molecule has 0 amide bonds. The topological polar surface area (TPSA) is 0 Å². The Labute approximate surface area is 193 Å². The number of halogens is 2. The number of hydrogen-bond acceptors (Lipinski definition) is 0. The molecule has 0 heterocycles. The van der Waals surface area contributed by atoms with Crippen molar-refractivity contribution in [1.29, 1.82) is 0 Å². The van der Waals surface area contributed by atoms with Gasteiger partial charge in [-0.15, -0.1) is 0 Å². The van der Waals surface area contributed by atoms with Crippen molar-refractivity contribution in [2.24, 2.45) is 0 Å². The predicted octanol–water partition coefficient (Wildman–Crippen LogP) is 4.84. The molecule has 4 rings (SSSR count). The normalized spacial score (nSPS) is 11.9. The zero-order valence-electron chi connectivity index (χ0n) is 16.0. The van der Waals surface area contributed by atoms with E-state index in [1.54, 1.807) is 0 Å². The van der Waals surface area contributed by atoms with E-state index >= 15 is 0 Å². The monoisotopic (exact) mass is 720 g/mol. The molecule has 0 atom stereocenters. The molecule has 29 heavy (non-hydrogen) atoms. The summed E-state index contributed by atoms with van der Waals surface area (Å²) in [5, 5.41) is 0. The van der Waals surface area contributed by atoms with Crippen molar-refractivity contribution in [2.75, 3.05) is 0 Å². The Bertz CT molecular complexity index is 873. The summed E-state index contributed by atoms with van der Waals surface area (Å²) in [5.74, 6) is 0. The second-order valence-electron chi connectivity index (χ2n) is 7.24. The first-order valence-corrected chi connectivity index (χ1v) is 32.3. The van der Waals surface area contributed by atoms with Crippen LogP contribution in [0.2, 0.25) is 2.45 Å². The van der Waals surface area contributed by atoms with Gasteiger partial charge in [0.05, 0.1) is 0 Å². The summed E-state index contributed by atoms with van der Waals surface area (Å²) >= 11 is 2.72. The quantitative estimate of drug-likeness (QED) is 0.251. The van der Waals surface area contributed by atoms with Gasteiger partial charge in [-0.3, -0.25) is 0 Å². The summed E-state index contributed by atoms with van der Waals surface area (Å²) in [5.41, 5.74) is 0. The molecule has 0 saturated carbocycles. The van der Waals surface area contributed by atoms with Gasteiger partial charge in [-0.25, -0.2) is 0 Å². The van der Waals surface area contributed by atoms with Crippen LogP contribution in [-0.4, -0.2) is 32.3 Å². The van der Waals surface area contributed by atoms with Gasteiger partial charge >= 0.3 is 196 Å². The fourth-order valence-corrected chi connectivity index (χ4v) is 109. The molecule has 4 heteroatoms. The van der Waals surface area contributed by atoms with Crippen molar-refractivity contribution in [3.8, 4) is 0 Å². The van der Waals surface area contributed by atoms with E-state index in [4.69, 9.17) is 0 Å². The zero-order valence-corrected chi connectivity index (χ0v) is 24.9. The van der Waals surface area contributed by atoms with E-state index in [2.05, 4.69) is 147 Å². The second kappa shape index (κ2) is 9.71. The summed E-state index contributed by atoms with van der Waals surface area (Å²) in [6, 6.07) is 44.5. The van der Waals surface area contributed by atoms with Gasteiger partial charge in [0.25, 0.3) is 0 Å². The van der Waals surface area contributed by atoms with Crippen LogP contribution in [0.25, 0.3) is 0 Å². The van der Waals surface area contributed by atoms with E-state index in [-0.39, 0.29) is 0 Å². The number of benzene rings is 4. The van der Waals surface area contributed by atoms with E-state index < -0.39 is 32.3 Å². The van der Waals surface area contributed by atoms with Gasteiger partial charge in [0.15, 0.2) is 0 Å². The molecule has 4 aromatic rings. The predicted molar refractivity (Wildman–Crippen MR) is 138 cm³/mol. The third-order valence-electron chi connectivity index (χ3n) is 5.41. The molecule has 0 unspecified atom stereocenters. The van der Waals surface area contributed by atoms with Crippen molar-refractivity contribution in [3.05, 3.63) is 121 Å². The molecule has 0 aromatic heterocycles. The minimum absolute atomic E-state index is 1.23. The van der Waals surface area contributed by atoms with Crippen molar-refractivity contribution < 1.29 is 0 Å². The molecule has 0 aliphatic heterocycles. The second-order valence-corrected chi connectivity index (χ2v) is 48.9. The van der Waals surface area contributed by atoms with Crippen molar-refractivity contribution in [3.63, 3.8) is 0 Å². The maximum absolute atomic E-state index is 4.46. The Morgan fingerprint density at radius 3 is 0.793 bits per heavy atom. The van der Waals surface area contributed by atoms with Gasteiger partial charge in [-0.05, 0) is 0 Å². The van der Waals surface area contributed by atoms with Gasteiger partial charge in [-0.2, -0.15) is 0 Å². The molecule has 0 bridgehead atoms. The van der Waals surface area contributed by atoms with Crippen molar-refractivity contribution >= 4 is 72.0 Å². The fourth-order valence-electron chi connectivity index (χ4n) is 3.89. The third kappa shape index (κ3) is 4.70. The molecule has 4 aromatic carbocycles. The summed E-state index contributed by atoms with van der Waals surface area (Å²) in [7, 11) is 0. The van der Waals surface area contributed by atoms with Gasteiger partial charge in [0, 0.05) is 0 Å². The maximum atomic E-state index is 4.46. The van der Waals surface area contributed by atoms with E-state index in [0.29, 0.717) is 0 Å². The first-order chi connectivity index (χ1) is 14.1. The van der Waals surface area contributed by atoms with Crippen LogP contribution in [0.4, 0.5) is 0 Å². The van der Waals surface area contributed by atoms with Crippen LogP contribution in [0.3, 0.4) is 0 Å².